The second kappa shape index (κ2) is 7.93. The first-order chi connectivity index (χ1) is 12.2. The number of nitrogens with zero attached hydrogens (tertiary/aromatic N) is 3. The first-order valence-electron chi connectivity index (χ1n) is 8.47. The van der Waals surface area contributed by atoms with Crippen LogP contribution in [0.25, 0.3) is 0 Å². The van der Waals surface area contributed by atoms with Crippen LogP contribution in [-0.2, 0) is 11.3 Å². The number of nitrogens with two attached hydrogens (primary N) is 1. The molecule has 2 aromatic carbocycles. The Morgan fingerprint density at radius 1 is 1.04 bits per heavy atom. The molecule has 2 N–H and O–H groups in total. The predicted octanol–water partition coefficient (Wildman–Crippen LogP) is 1.90. The van der Waals surface area contributed by atoms with Gasteiger partial charge < -0.3 is 5.73 Å². The molecular weight excluding hydrogens is 312 g/mol. The Balaban J connectivity index is 1.65. The van der Waals surface area contributed by atoms with E-state index in [0.717, 1.165) is 49.4 Å². The van der Waals surface area contributed by atoms with Crippen molar-refractivity contribution < 1.29 is 4.79 Å². The topological polar surface area (TPSA) is 73.4 Å². The first kappa shape index (κ1) is 17.2. The lowest BCUT2D eigenvalue weighted by atomic mass is 10.0. The molecule has 0 spiro atoms. The van der Waals surface area contributed by atoms with Crippen molar-refractivity contribution in [3.05, 3.63) is 71.3 Å². The van der Waals surface area contributed by atoms with Crippen molar-refractivity contribution in [1.29, 1.82) is 5.26 Å². The highest BCUT2D eigenvalue weighted by atomic mass is 16.1. The van der Waals surface area contributed by atoms with Crippen LogP contribution in [-0.4, -0.2) is 41.9 Å². The molecule has 2 aromatic rings. The molecule has 1 atom stereocenters. The van der Waals surface area contributed by atoms with Crippen LogP contribution in [0.5, 0.6) is 0 Å². The molecule has 128 valence electrons. The Morgan fingerprint density at radius 2 is 1.68 bits per heavy atom. The second-order valence-corrected chi connectivity index (χ2v) is 6.30. The smallest absolute Gasteiger partial charge is 0.239 e. The summed E-state index contributed by atoms with van der Waals surface area (Å²) in [6.07, 6.45) is 0. The molecule has 0 unspecified atom stereocenters. The molecular formula is C20H22N4O. The van der Waals surface area contributed by atoms with Crippen molar-refractivity contribution in [3.63, 3.8) is 0 Å². The van der Waals surface area contributed by atoms with Gasteiger partial charge in [-0.15, -0.1) is 0 Å². The molecule has 1 saturated heterocycles. The highest BCUT2D eigenvalue weighted by Gasteiger charge is 2.28. The van der Waals surface area contributed by atoms with E-state index >= 15 is 0 Å². The van der Waals surface area contributed by atoms with E-state index in [-0.39, 0.29) is 11.9 Å². The summed E-state index contributed by atoms with van der Waals surface area (Å²) >= 11 is 0. The zero-order chi connectivity index (χ0) is 17.6. The number of carbonyl (C=O) groups is 1. The molecule has 1 amide bonds. The highest BCUT2D eigenvalue weighted by molar-refractivity contribution is 5.81. The molecule has 1 aliphatic rings. The summed E-state index contributed by atoms with van der Waals surface area (Å²) in [5.41, 5.74) is 8.38. The van der Waals surface area contributed by atoms with Gasteiger partial charge in [0.05, 0.1) is 11.6 Å². The van der Waals surface area contributed by atoms with E-state index in [0.29, 0.717) is 0 Å². The molecule has 5 nitrogen and oxygen atoms in total. The summed E-state index contributed by atoms with van der Waals surface area (Å²) in [4.78, 5) is 16.4. The molecule has 3 rings (SSSR count). The number of rotatable bonds is 5. The number of nitriles is 1. The van der Waals surface area contributed by atoms with Gasteiger partial charge in [-0.1, -0.05) is 48.5 Å². The third-order valence-corrected chi connectivity index (χ3v) is 4.69. The van der Waals surface area contributed by atoms with E-state index in [4.69, 9.17) is 5.73 Å². The summed E-state index contributed by atoms with van der Waals surface area (Å²) in [6, 6.07) is 19.3. The minimum Gasteiger partial charge on any atom is -0.368 e. The van der Waals surface area contributed by atoms with Crippen molar-refractivity contribution in [3.8, 4) is 6.07 Å². The Bertz CT molecular complexity index is 761. The number of hydrogen-bond acceptors (Lipinski definition) is 4. The fourth-order valence-electron chi connectivity index (χ4n) is 3.38. The lowest BCUT2D eigenvalue weighted by Gasteiger charge is -2.38. The zero-order valence-electron chi connectivity index (χ0n) is 14.1. The van der Waals surface area contributed by atoms with Crippen molar-refractivity contribution in [1.82, 2.24) is 9.80 Å². The van der Waals surface area contributed by atoms with E-state index in [9.17, 15) is 10.1 Å². The van der Waals surface area contributed by atoms with E-state index in [1.807, 2.05) is 54.6 Å². The highest BCUT2D eigenvalue weighted by Crippen LogP contribution is 2.22. The van der Waals surface area contributed by atoms with Gasteiger partial charge in [0.15, 0.2) is 0 Å². The molecule has 0 saturated carbocycles. The number of piperazine rings is 1. The molecule has 0 aromatic heterocycles. The van der Waals surface area contributed by atoms with Crippen molar-refractivity contribution >= 4 is 5.91 Å². The standard InChI is InChI=1S/C20H22N4O/c21-14-17-8-4-5-9-18(17)15-23-10-12-24(13-11-23)19(20(22)25)16-6-2-1-3-7-16/h1-9,19H,10-13,15H2,(H2,22,25)/t19-/m0/s1. The van der Waals surface area contributed by atoms with Gasteiger partial charge in [0, 0.05) is 32.7 Å². The number of hydrogen-bond donors (Lipinski definition) is 1. The molecule has 1 heterocycles. The SMILES string of the molecule is N#Cc1ccccc1CN1CCN([C@H](C(N)=O)c2ccccc2)CC1. The molecule has 0 aliphatic carbocycles. The Kier molecular flexibility index (Phi) is 5.44. The van der Waals surface area contributed by atoms with Crippen LogP contribution in [0.3, 0.4) is 0 Å². The van der Waals surface area contributed by atoms with Gasteiger partial charge >= 0.3 is 0 Å². The summed E-state index contributed by atoms with van der Waals surface area (Å²) in [5, 5.41) is 9.22. The maximum atomic E-state index is 12.0. The third-order valence-electron chi connectivity index (χ3n) is 4.69. The maximum Gasteiger partial charge on any atom is 0.239 e. The molecule has 5 heteroatoms. The van der Waals surface area contributed by atoms with Gasteiger partial charge in [-0.3, -0.25) is 14.6 Å². The number of benzene rings is 2. The van der Waals surface area contributed by atoms with Gasteiger partial charge in [-0.05, 0) is 17.2 Å². The summed E-state index contributed by atoms with van der Waals surface area (Å²) in [7, 11) is 0. The monoisotopic (exact) mass is 334 g/mol. The van der Waals surface area contributed by atoms with Crippen LogP contribution < -0.4 is 5.73 Å². The normalized spacial score (nSPS) is 16.9. The summed E-state index contributed by atoms with van der Waals surface area (Å²) < 4.78 is 0. The first-order valence-corrected chi connectivity index (χ1v) is 8.47. The van der Waals surface area contributed by atoms with Crippen LogP contribution >= 0.6 is 0 Å². The number of primary amides is 1. The minimum absolute atomic E-state index is 0.311. The van der Waals surface area contributed by atoms with E-state index in [1.54, 1.807) is 0 Å². The average Bonchev–Trinajstić information content (AvgIpc) is 2.64. The maximum absolute atomic E-state index is 12.0. The fourth-order valence-corrected chi connectivity index (χ4v) is 3.38. The Hall–Kier alpha value is -2.68. The second-order valence-electron chi connectivity index (χ2n) is 6.30. The van der Waals surface area contributed by atoms with Gasteiger partial charge in [-0.2, -0.15) is 5.26 Å². The number of amides is 1. The lowest BCUT2D eigenvalue weighted by Crippen LogP contribution is -2.50. The van der Waals surface area contributed by atoms with E-state index < -0.39 is 0 Å². The summed E-state index contributed by atoms with van der Waals surface area (Å²) in [6.45, 7) is 3.99. The molecule has 0 radical (unpaired) electrons. The van der Waals surface area contributed by atoms with E-state index in [1.165, 1.54) is 0 Å². The van der Waals surface area contributed by atoms with Gasteiger partial charge in [0.25, 0.3) is 0 Å². The van der Waals surface area contributed by atoms with Crippen LogP contribution in [0.4, 0.5) is 0 Å². The minimum atomic E-state index is -0.380. The van der Waals surface area contributed by atoms with Crippen molar-refractivity contribution in [2.75, 3.05) is 26.2 Å². The molecule has 1 aliphatic heterocycles. The van der Waals surface area contributed by atoms with Gasteiger partial charge in [-0.25, -0.2) is 0 Å². The molecule has 1 fully saturated rings. The molecule has 25 heavy (non-hydrogen) atoms. The van der Waals surface area contributed by atoms with Crippen LogP contribution in [0.1, 0.15) is 22.7 Å². The lowest BCUT2D eigenvalue weighted by molar-refractivity contribution is -0.124. The number of carbonyl (C=O) groups excluding carboxylic acids is 1. The zero-order valence-corrected chi connectivity index (χ0v) is 14.1. The average molecular weight is 334 g/mol. The summed E-state index contributed by atoms with van der Waals surface area (Å²) in [5.74, 6) is -0.311. The Labute approximate surface area is 148 Å². The van der Waals surface area contributed by atoms with Gasteiger partial charge in [0.1, 0.15) is 6.04 Å². The van der Waals surface area contributed by atoms with Crippen LogP contribution in [0, 0.1) is 11.3 Å². The van der Waals surface area contributed by atoms with Crippen molar-refractivity contribution in [2.24, 2.45) is 5.73 Å². The molecule has 0 bridgehead atoms. The van der Waals surface area contributed by atoms with Crippen molar-refractivity contribution in [2.45, 2.75) is 12.6 Å². The fraction of sp³-hybridized carbons (Fsp3) is 0.300. The quantitative estimate of drug-likeness (QED) is 0.906. The third kappa shape index (κ3) is 4.05. The van der Waals surface area contributed by atoms with Gasteiger partial charge in [0.2, 0.25) is 5.91 Å². The van der Waals surface area contributed by atoms with E-state index in [2.05, 4.69) is 15.9 Å². The largest absolute Gasteiger partial charge is 0.368 e. The Morgan fingerprint density at radius 3 is 2.32 bits per heavy atom. The predicted molar refractivity (Wildman–Crippen MR) is 96.4 cm³/mol. The van der Waals surface area contributed by atoms with Crippen LogP contribution in [0.2, 0.25) is 0 Å². The van der Waals surface area contributed by atoms with Crippen LogP contribution in [0.15, 0.2) is 54.6 Å².